The molecule has 0 spiro atoms. The van der Waals surface area contributed by atoms with Crippen LogP contribution in [0.5, 0.6) is 0 Å². The first-order valence-corrected chi connectivity index (χ1v) is 11.2. The van der Waals surface area contributed by atoms with E-state index in [0.29, 0.717) is 19.5 Å². The van der Waals surface area contributed by atoms with Crippen molar-refractivity contribution in [3.8, 4) is 0 Å². The highest BCUT2D eigenvalue weighted by atomic mass is 32.2. The summed E-state index contributed by atoms with van der Waals surface area (Å²) >= 11 is 0. The average molecular weight is 417 g/mol. The van der Waals surface area contributed by atoms with Crippen molar-refractivity contribution in [1.29, 1.82) is 0 Å². The molecule has 0 unspecified atom stereocenters. The molecule has 0 bridgehead atoms. The lowest BCUT2D eigenvalue weighted by Crippen LogP contribution is -2.51. The number of aliphatic hydroxyl groups is 1. The molecule has 1 amide bonds. The van der Waals surface area contributed by atoms with Gasteiger partial charge in [0.1, 0.15) is 6.04 Å². The summed E-state index contributed by atoms with van der Waals surface area (Å²) in [5.74, 6) is -0.420. The van der Waals surface area contributed by atoms with Crippen LogP contribution in [0.25, 0.3) is 0 Å². The Balaban J connectivity index is 1.74. The Bertz CT molecular complexity index is 979. The third kappa shape index (κ3) is 4.86. The van der Waals surface area contributed by atoms with Gasteiger partial charge in [-0.25, -0.2) is 8.42 Å². The van der Waals surface area contributed by atoms with Crippen LogP contribution in [0, 0.1) is 0 Å². The van der Waals surface area contributed by atoms with E-state index >= 15 is 0 Å². The van der Waals surface area contributed by atoms with Gasteiger partial charge in [-0.1, -0.05) is 57.2 Å². The summed E-state index contributed by atoms with van der Waals surface area (Å²) in [4.78, 5) is 14.5. The van der Waals surface area contributed by atoms with Crippen molar-refractivity contribution in [3.63, 3.8) is 0 Å². The molecule has 2 aromatic carbocycles. The number of aliphatic hydroxyl groups excluding tert-OH is 1. The molecule has 1 aliphatic heterocycles. The number of benzene rings is 2. The fraction of sp³-hybridized carbons (Fsp3) is 0.409. The van der Waals surface area contributed by atoms with Gasteiger partial charge in [-0.2, -0.15) is 4.72 Å². The molecule has 1 aliphatic rings. The normalized spacial score (nSPS) is 15.7. The standard InChI is InChI=1S/C22H28N2O4S/c1-22(2,3)18-8-10-19(11-9-18)29(27,28)23-20(15-25)21(26)24-13-12-16-6-4-5-7-17(16)14-24/h4-11,20,23,25H,12-15H2,1-3H3/t20-/m0/s1. The van der Waals surface area contributed by atoms with Crippen LogP contribution in [0.1, 0.15) is 37.5 Å². The van der Waals surface area contributed by atoms with Crippen LogP contribution in [0.15, 0.2) is 53.4 Å². The van der Waals surface area contributed by atoms with Gasteiger partial charge >= 0.3 is 0 Å². The summed E-state index contributed by atoms with van der Waals surface area (Å²) in [6.07, 6.45) is 0.709. The lowest BCUT2D eigenvalue weighted by molar-refractivity contribution is -0.134. The summed E-state index contributed by atoms with van der Waals surface area (Å²) < 4.78 is 27.9. The number of nitrogens with one attached hydrogen (secondary N) is 1. The van der Waals surface area contributed by atoms with Crippen molar-refractivity contribution in [3.05, 3.63) is 65.2 Å². The second-order valence-electron chi connectivity index (χ2n) is 8.41. The van der Waals surface area contributed by atoms with Crippen molar-refractivity contribution in [2.24, 2.45) is 0 Å². The van der Waals surface area contributed by atoms with Crippen LogP contribution >= 0.6 is 0 Å². The van der Waals surface area contributed by atoms with Gasteiger partial charge in [0.2, 0.25) is 15.9 Å². The minimum Gasteiger partial charge on any atom is -0.394 e. The molecule has 1 heterocycles. The SMILES string of the molecule is CC(C)(C)c1ccc(S(=O)(=O)N[C@@H](CO)C(=O)N2CCc3ccccc3C2)cc1. The Morgan fingerprint density at radius 3 is 2.31 bits per heavy atom. The molecule has 7 heteroatoms. The monoisotopic (exact) mass is 416 g/mol. The molecule has 0 fully saturated rings. The maximum Gasteiger partial charge on any atom is 0.243 e. The van der Waals surface area contributed by atoms with E-state index in [1.54, 1.807) is 17.0 Å². The number of amides is 1. The first-order chi connectivity index (χ1) is 13.6. The quantitative estimate of drug-likeness (QED) is 0.782. The highest BCUT2D eigenvalue weighted by molar-refractivity contribution is 7.89. The van der Waals surface area contributed by atoms with Gasteiger partial charge in [0, 0.05) is 13.1 Å². The summed E-state index contributed by atoms with van der Waals surface area (Å²) in [5, 5.41) is 9.71. The van der Waals surface area contributed by atoms with Gasteiger partial charge in [0.05, 0.1) is 11.5 Å². The molecule has 0 radical (unpaired) electrons. The summed E-state index contributed by atoms with van der Waals surface area (Å²) in [5.41, 5.74) is 3.16. The molecule has 156 valence electrons. The largest absolute Gasteiger partial charge is 0.394 e. The van der Waals surface area contributed by atoms with Crippen molar-refractivity contribution in [1.82, 2.24) is 9.62 Å². The van der Waals surface area contributed by atoms with Gasteiger partial charge in [0.15, 0.2) is 0 Å². The second kappa shape index (κ2) is 8.26. The number of fused-ring (bicyclic) bond motifs is 1. The Morgan fingerprint density at radius 2 is 1.72 bits per heavy atom. The van der Waals surface area contributed by atoms with Crippen LogP contribution < -0.4 is 4.72 Å². The first-order valence-electron chi connectivity index (χ1n) is 9.71. The predicted molar refractivity (Wildman–Crippen MR) is 112 cm³/mol. The van der Waals surface area contributed by atoms with E-state index in [1.807, 2.05) is 45.0 Å². The molecular weight excluding hydrogens is 388 g/mol. The first kappa shape index (κ1) is 21.5. The van der Waals surface area contributed by atoms with Crippen LogP contribution in [0.2, 0.25) is 0 Å². The molecule has 0 aliphatic carbocycles. The van der Waals surface area contributed by atoms with Crippen LogP contribution in [0.3, 0.4) is 0 Å². The molecule has 2 aromatic rings. The van der Waals surface area contributed by atoms with Crippen molar-refractivity contribution >= 4 is 15.9 Å². The zero-order valence-corrected chi connectivity index (χ0v) is 17.9. The molecule has 2 N–H and O–H groups in total. The molecule has 3 rings (SSSR count). The van der Waals surface area contributed by atoms with Gasteiger partial charge in [-0.15, -0.1) is 0 Å². The Kier molecular flexibility index (Phi) is 6.12. The Morgan fingerprint density at radius 1 is 1.10 bits per heavy atom. The van der Waals surface area contributed by atoms with E-state index in [0.717, 1.165) is 11.1 Å². The second-order valence-corrected chi connectivity index (χ2v) is 10.1. The van der Waals surface area contributed by atoms with E-state index in [4.69, 9.17) is 0 Å². The topological polar surface area (TPSA) is 86.7 Å². The third-order valence-corrected chi connectivity index (χ3v) is 6.74. The van der Waals surface area contributed by atoms with Crippen molar-refractivity contribution in [2.45, 2.75) is 50.1 Å². The third-order valence-electron chi connectivity index (χ3n) is 5.25. The lowest BCUT2D eigenvalue weighted by Gasteiger charge is -2.31. The smallest absolute Gasteiger partial charge is 0.243 e. The van der Waals surface area contributed by atoms with Gasteiger partial charge < -0.3 is 10.0 Å². The number of rotatable bonds is 5. The minimum absolute atomic E-state index is 0.0701. The molecule has 0 saturated carbocycles. The van der Waals surface area contributed by atoms with Gasteiger partial charge in [-0.3, -0.25) is 4.79 Å². The molecule has 0 saturated heterocycles. The zero-order valence-electron chi connectivity index (χ0n) is 17.1. The number of hydrogen-bond acceptors (Lipinski definition) is 4. The lowest BCUT2D eigenvalue weighted by atomic mass is 9.87. The van der Waals surface area contributed by atoms with E-state index < -0.39 is 28.6 Å². The molecule has 6 nitrogen and oxygen atoms in total. The fourth-order valence-corrected chi connectivity index (χ4v) is 4.64. The molecule has 29 heavy (non-hydrogen) atoms. The van der Waals surface area contributed by atoms with Crippen LogP contribution in [-0.2, 0) is 33.2 Å². The van der Waals surface area contributed by atoms with Crippen LogP contribution in [0.4, 0.5) is 0 Å². The van der Waals surface area contributed by atoms with E-state index in [1.165, 1.54) is 17.7 Å². The summed E-state index contributed by atoms with van der Waals surface area (Å²) in [7, 11) is -3.94. The summed E-state index contributed by atoms with van der Waals surface area (Å²) in [6, 6.07) is 13.3. The van der Waals surface area contributed by atoms with Crippen molar-refractivity contribution in [2.75, 3.05) is 13.2 Å². The number of sulfonamides is 1. The van der Waals surface area contributed by atoms with E-state index in [-0.39, 0.29) is 10.3 Å². The molecule has 1 atom stereocenters. The van der Waals surface area contributed by atoms with E-state index in [2.05, 4.69) is 4.72 Å². The van der Waals surface area contributed by atoms with Gasteiger partial charge in [0.25, 0.3) is 0 Å². The number of carbonyl (C=O) groups is 1. The predicted octanol–water partition coefficient (Wildman–Crippen LogP) is 2.21. The van der Waals surface area contributed by atoms with Crippen molar-refractivity contribution < 1.29 is 18.3 Å². The van der Waals surface area contributed by atoms with Gasteiger partial charge in [-0.05, 0) is 40.7 Å². The average Bonchev–Trinajstić information content (AvgIpc) is 2.70. The zero-order chi connectivity index (χ0) is 21.2. The number of hydrogen-bond donors (Lipinski definition) is 2. The van der Waals surface area contributed by atoms with Crippen LogP contribution in [-0.4, -0.2) is 43.5 Å². The highest BCUT2D eigenvalue weighted by Crippen LogP contribution is 2.24. The summed E-state index contributed by atoms with van der Waals surface area (Å²) in [6.45, 7) is 6.45. The fourth-order valence-electron chi connectivity index (χ4n) is 3.46. The number of nitrogens with zero attached hydrogens (tertiary/aromatic N) is 1. The Hall–Kier alpha value is -2.22. The molecular formula is C22H28N2O4S. The maximum atomic E-state index is 12.9. The minimum atomic E-state index is -3.94. The maximum absolute atomic E-state index is 12.9. The number of carbonyl (C=O) groups excluding carboxylic acids is 1. The Labute approximate surface area is 172 Å². The van der Waals surface area contributed by atoms with E-state index in [9.17, 15) is 18.3 Å². The highest BCUT2D eigenvalue weighted by Gasteiger charge is 2.30. The molecule has 0 aromatic heterocycles.